The molecule has 1 N–H and O–H groups in total. The van der Waals surface area contributed by atoms with Crippen LogP contribution in [0.2, 0.25) is 0 Å². The average Bonchev–Trinajstić information content (AvgIpc) is 3.04. The lowest BCUT2D eigenvalue weighted by Crippen LogP contribution is -2.20. The van der Waals surface area contributed by atoms with Crippen molar-refractivity contribution in [1.82, 2.24) is 5.32 Å². The first-order chi connectivity index (χ1) is 12.1. The summed E-state index contributed by atoms with van der Waals surface area (Å²) in [6.07, 6.45) is 3.35. The lowest BCUT2D eigenvalue weighted by atomic mass is 9.99. The van der Waals surface area contributed by atoms with Gasteiger partial charge < -0.3 is 14.5 Å². The number of amides is 1. The van der Waals surface area contributed by atoms with E-state index in [1.165, 1.54) is 0 Å². The van der Waals surface area contributed by atoms with Crippen molar-refractivity contribution in [3.05, 3.63) is 60.4 Å². The summed E-state index contributed by atoms with van der Waals surface area (Å²) in [4.78, 5) is 11.9. The number of carbonyl (C=O) groups excluding carboxylic acids is 1. The van der Waals surface area contributed by atoms with Crippen LogP contribution in [0.25, 0.3) is 27.7 Å². The van der Waals surface area contributed by atoms with E-state index in [1.807, 2.05) is 56.3 Å². The van der Waals surface area contributed by atoms with Crippen molar-refractivity contribution in [2.45, 2.75) is 13.8 Å². The number of carbonyl (C=O) groups is 1. The Labute approximate surface area is 147 Å². The molecule has 0 radical (unpaired) electrons. The predicted octanol–water partition coefficient (Wildman–Crippen LogP) is 4.65. The summed E-state index contributed by atoms with van der Waals surface area (Å²) in [6.45, 7) is 4.39. The molecule has 1 amide bonds. The Bertz CT molecular complexity index is 923. The van der Waals surface area contributed by atoms with Crippen LogP contribution in [0.1, 0.15) is 19.4 Å². The summed E-state index contributed by atoms with van der Waals surface area (Å²) >= 11 is 0. The highest BCUT2D eigenvalue weighted by Crippen LogP contribution is 2.37. The molecule has 0 aliphatic heterocycles. The molecule has 3 aromatic rings. The molecule has 0 saturated heterocycles. The van der Waals surface area contributed by atoms with E-state index in [4.69, 9.17) is 9.15 Å². The van der Waals surface area contributed by atoms with E-state index in [2.05, 4.69) is 5.32 Å². The second kappa shape index (κ2) is 7.26. The molecule has 0 bridgehead atoms. The summed E-state index contributed by atoms with van der Waals surface area (Å²) in [6, 6.07) is 14.0. The van der Waals surface area contributed by atoms with Crippen LogP contribution in [0.3, 0.4) is 0 Å². The first-order valence-electron chi connectivity index (χ1n) is 8.25. The van der Waals surface area contributed by atoms with Crippen molar-refractivity contribution in [2.75, 3.05) is 13.7 Å². The van der Waals surface area contributed by atoms with E-state index in [1.54, 1.807) is 19.4 Å². The Morgan fingerprint density at radius 2 is 2.00 bits per heavy atom. The first-order valence-corrected chi connectivity index (χ1v) is 8.25. The lowest BCUT2D eigenvalue weighted by Gasteiger charge is -2.10. The third-order valence-electron chi connectivity index (χ3n) is 4.10. The van der Waals surface area contributed by atoms with Gasteiger partial charge in [-0.25, -0.2) is 0 Å². The highest BCUT2D eigenvalue weighted by atomic mass is 16.5. The molecule has 0 spiro atoms. The van der Waals surface area contributed by atoms with Crippen molar-refractivity contribution in [3.8, 4) is 16.9 Å². The Balaban J connectivity index is 2.13. The number of hydrogen-bond acceptors (Lipinski definition) is 3. The molecule has 0 aliphatic carbocycles. The molecule has 4 nitrogen and oxygen atoms in total. The maximum absolute atomic E-state index is 11.9. The second-order valence-electron chi connectivity index (χ2n) is 5.79. The highest BCUT2D eigenvalue weighted by Gasteiger charge is 2.14. The number of nitrogens with one attached hydrogen (secondary N) is 1. The van der Waals surface area contributed by atoms with Gasteiger partial charge in [0.05, 0.1) is 13.4 Å². The van der Waals surface area contributed by atoms with E-state index < -0.39 is 0 Å². The fourth-order valence-electron chi connectivity index (χ4n) is 2.87. The van der Waals surface area contributed by atoms with E-state index in [-0.39, 0.29) is 5.91 Å². The minimum absolute atomic E-state index is 0.113. The molecule has 3 rings (SSSR count). The molecule has 1 aromatic heterocycles. The fraction of sp³-hybridized carbons (Fsp3) is 0.190. The van der Waals surface area contributed by atoms with Crippen LogP contribution in [0, 0.1) is 0 Å². The van der Waals surface area contributed by atoms with Crippen LogP contribution in [0.5, 0.6) is 5.75 Å². The highest BCUT2D eigenvalue weighted by molar-refractivity contribution is 6.00. The maximum atomic E-state index is 11.9. The molecular formula is C21H21NO3. The maximum Gasteiger partial charge on any atom is 0.244 e. The van der Waals surface area contributed by atoms with Gasteiger partial charge in [-0.1, -0.05) is 30.3 Å². The van der Waals surface area contributed by atoms with Crippen LogP contribution >= 0.6 is 0 Å². The molecule has 0 atom stereocenters. The van der Waals surface area contributed by atoms with Crippen molar-refractivity contribution in [3.63, 3.8) is 0 Å². The SMILES string of the molecule is CCNC(=O)/C=C(\C)c1cc2c(-c3ccccc3)coc2cc1OC. The van der Waals surface area contributed by atoms with Gasteiger partial charge in [0.1, 0.15) is 11.3 Å². The molecule has 25 heavy (non-hydrogen) atoms. The van der Waals surface area contributed by atoms with Crippen LogP contribution in [-0.4, -0.2) is 19.6 Å². The number of fused-ring (bicyclic) bond motifs is 1. The molecule has 1 heterocycles. The average molecular weight is 335 g/mol. The summed E-state index contributed by atoms with van der Waals surface area (Å²) in [5.41, 5.74) is 4.57. The quantitative estimate of drug-likeness (QED) is 0.691. The van der Waals surface area contributed by atoms with Gasteiger partial charge >= 0.3 is 0 Å². The number of furan rings is 1. The van der Waals surface area contributed by atoms with Crippen LogP contribution in [-0.2, 0) is 4.79 Å². The Morgan fingerprint density at radius 3 is 2.68 bits per heavy atom. The number of hydrogen-bond donors (Lipinski definition) is 1. The topological polar surface area (TPSA) is 51.5 Å². The van der Waals surface area contributed by atoms with Crippen molar-refractivity contribution < 1.29 is 13.9 Å². The third kappa shape index (κ3) is 3.43. The monoisotopic (exact) mass is 335 g/mol. The van der Waals surface area contributed by atoms with E-state index >= 15 is 0 Å². The van der Waals surface area contributed by atoms with Gasteiger partial charge in [-0.05, 0) is 31.1 Å². The number of benzene rings is 2. The summed E-state index contributed by atoms with van der Waals surface area (Å²) in [7, 11) is 1.62. The second-order valence-corrected chi connectivity index (χ2v) is 5.79. The van der Waals surface area contributed by atoms with Crippen molar-refractivity contribution in [1.29, 1.82) is 0 Å². The number of likely N-dealkylation sites (N-methyl/N-ethyl adjacent to an activating group) is 1. The molecule has 0 unspecified atom stereocenters. The Morgan fingerprint density at radius 1 is 1.24 bits per heavy atom. The summed E-state index contributed by atoms with van der Waals surface area (Å²) in [5, 5.41) is 3.77. The predicted molar refractivity (Wildman–Crippen MR) is 101 cm³/mol. The minimum atomic E-state index is -0.113. The van der Waals surface area contributed by atoms with Gasteiger partial charge in [-0.15, -0.1) is 0 Å². The Hall–Kier alpha value is -3.01. The zero-order valence-corrected chi connectivity index (χ0v) is 14.6. The lowest BCUT2D eigenvalue weighted by molar-refractivity contribution is -0.116. The minimum Gasteiger partial charge on any atom is -0.496 e. The largest absolute Gasteiger partial charge is 0.496 e. The Kier molecular flexibility index (Phi) is 4.89. The first kappa shape index (κ1) is 16.8. The fourth-order valence-corrected chi connectivity index (χ4v) is 2.87. The third-order valence-corrected chi connectivity index (χ3v) is 4.10. The molecule has 128 valence electrons. The summed E-state index contributed by atoms with van der Waals surface area (Å²) in [5.74, 6) is 0.567. The molecular weight excluding hydrogens is 314 g/mol. The molecule has 0 fully saturated rings. The van der Waals surface area contributed by atoms with E-state index in [9.17, 15) is 4.79 Å². The van der Waals surface area contributed by atoms with Gasteiger partial charge in [-0.3, -0.25) is 4.79 Å². The molecule has 0 aliphatic rings. The zero-order valence-electron chi connectivity index (χ0n) is 14.6. The van der Waals surface area contributed by atoms with Crippen LogP contribution < -0.4 is 10.1 Å². The van der Waals surface area contributed by atoms with Gasteiger partial charge in [0, 0.05) is 35.2 Å². The number of rotatable bonds is 5. The van der Waals surface area contributed by atoms with E-state index in [0.717, 1.165) is 33.2 Å². The zero-order chi connectivity index (χ0) is 17.8. The van der Waals surface area contributed by atoms with Gasteiger partial charge in [-0.2, -0.15) is 0 Å². The number of allylic oxidation sites excluding steroid dienone is 1. The smallest absolute Gasteiger partial charge is 0.244 e. The van der Waals surface area contributed by atoms with E-state index in [0.29, 0.717) is 12.3 Å². The normalized spacial score (nSPS) is 11.6. The molecule has 4 heteroatoms. The number of methoxy groups -OCH3 is 1. The standard InChI is InChI=1S/C21H21NO3/c1-4-22-21(23)10-14(2)16-11-17-18(15-8-6-5-7-9-15)13-25-20(17)12-19(16)24-3/h5-13H,4H2,1-3H3,(H,22,23)/b14-10+. The molecule has 0 saturated carbocycles. The molecule has 2 aromatic carbocycles. The van der Waals surface area contributed by atoms with Gasteiger partial charge in [0.15, 0.2) is 0 Å². The van der Waals surface area contributed by atoms with Crippen molar-refractivity contribution in [2.24, 2.45) is 0 Å². The van der Waals surface area contributed by atoms with Gasteiger partial charge in [0.2, 0.25) is 5.91 Å². The van der Waals surface area contributed by atoms with Crippen LogP contribution in [0.4, 0.5) is 0 Å². The van der Waals surface area contributed by atoms with Crippen molar-refractivity contribution >= 4 is 22.4 Å². The number of ether oxygens (including phenoxy) is 1. The summed E-state index contributed by atoms with van der Waals surface area (Å²) < 4.78 is 11.2. The van der Waals surface area contributed by atoms with Crippen LogP contribution in [0.15, 0.2) is 59.2 Å². The van der Waals surface area contributed by atoms with Gasteiger partial charge in [0.25, 0.3) is 0 Å².